The van der Waals surface area contributed by atoms with Gasteiger partial charge in [0.25, 0.3) is 5.91 Å². The summed E-state index contributed by atoms with van der Waals surface area (Å²) in [6.07, 6.45) is 7.55. The van der Waals surface area contributed by atoms with Crippen molar-refractivity contribution >= 4 is 11.6 Å². The van der Waals surface area contributed by atoms with Gasteiger partial charge in [-0.05, 0) is 36.6 Å². The minimum Gasteiger partial charge on any atom is -0.378 e. The molecule has 1 amide bonds. The lowest BCUT2D eigenvalue weighted by molar-refractivity contribution is 0.0903. The van der Waals surface area contributed by atoms with Gasteiger partial charge in [0.1, 0.15) is 0 Å². The number of anilines is 1. The van der Waals surface area contributed by atoms with Gasteiger partial charge in [-0.2, -0.15) is 0 Å². The van der Waals surface area contributed by atoms with Crippen LogP contribution < -0.4 is 16.0 Å². The molecule has 0 spiro atoms. The molecule has 0 bridgehead atoms. The number of aromatic nitrogens is 1. The predicted octanol–water partition coefficient (Wildman–Crippen LogP) is 2.82. The van der Waals surface area contributed by atoms with Gasteiger partial charge in [0, 0.05) is 44.3 Å². The first-order valence-corrected chi connectivity index (χ1v) is 8.78. The summed E-state index contributed by atoms with van der Waals surface area (Å²) < 4.78 is 0. The van der Waals surface area contributed by atoms with E-state index in [1.807, 2.05) is 32.3 Å². The second-order valence-electron chi connectivity index (χ2n) is 7.05. The van der Waals surface area contributed by atoms with Crippen molar-refractivity contribution in [1.29, 1.82) is 0 Å². The lowest BCUT2D eigenvalue weighted by Gasteiger charge is -2.28. The summed E-state index contributed by atoms with van der Waals surface area (Å²) >= 11 is 0. The Morgan fingerprint density at radius 3 is 2.44 bits per heavy atom. The van der Waals surface area contributed by atoms with Crippen LogP contribution in [-0.2, 0) is 0 Å². The molecule has 1 aliphatic carbocycles. The number of hydrogen-bond donors (Lipinski definition) is 2. The Kier molecular flexibility index (Phi) is 5.04. The second-order valence-corrected chi connectivity index (χ2v) is 7.05. The second kappa shape index (κ2) is 7.23. The maximum Gasteiger partial charge on any atom is 0.253 e. The Balaban J connectivity index is 1.80. The number of rotatable bonds is 5. The molecule has 0 saturated heterocycles. The van der Waals surface area contributed by atoms with Gasteiger partial charge in [0.15, 0.2) is 0 Å². The SMILES string of the molecule is CN(C)c1ccc(-c2cncc(C(=O)NC3(CN)CCCC3)c2)cc1. The van der Waals surface area contributed by atoms with Gasteiger partial charge in [-0.1, -0.05) is 25.0 Å². The van der Waals surface area contributed by atoms with Gasteiger partial charge >= 0.3 is 0 Å². The molecular weight excluding hydrogens is 312 g/mol. The number of carbonyl (C=O) groups excluding carboxylic acids is 1. The summed E-state index contributed by atoms with van der Waals surface area (Å²) in [6, 6.07) is 10.1. The van der Waals surface area contributed by atoms with E-state index in [1.165, 1.54) is 0 Å². The first kappa shape index (κ1) is 17.4. The molecule has 0 atom stereocenters. The van der Waals surface area contributed by atoms with Crippen molar-refractivity contribution in [3.05, 3.63) is 48.3 Å². The van der Waals surface area contributed by atoms with E-state index in [4.69, 9.17) is 5.73 Å². The molecule has 1 heterocycles. The molecular formula is C20H26N4O. The van der Waals surface area contributed by atoms with Gasteiger partial charge < -0.3 is 16.0 Å². The topological polar surface area (TPSA) is 71.2 Å². The highest BCUT2D eigenvalue weighted by Crippen LogP contribution is 2.29. The van der Waals surface area contributed by atoms with Crippen molar-refractivity contribution < 1.29 is 4.79 Å². The monoisotopic (exact) mass is 338 g/mol. The minimum absolute atomic E-state index is 0.0911. The molecule has 1 fully saturated rings. The number of hydrogen-bond acceptors (Lipinski definition) is 4. The van der Waals surface area contributed by atoms with Gasteiger partial charge in [0.2, 0.25) is 0 Å². The normalized spacial score (nSPS) is 15.8. The molecule has 3 N–H and O–H groups in total. The number of pyridine rings is 1. The zero-order valence-electron chi connectivity index (χ0n) is 15.0. The molecule has 0 radical (unpaired) electrons. The summed E-state index contributed by atoms with van der Waals surface area (Å²) in [4.78, 5) is 19.0. The Bertz CT molecular complexity index is 734. The van der Waals surface area contributed by atoms with E-state index in [1.54, 1.807) is 12.4 Å². The number of carbonyl (C=O) groups is 1. The predicted molar refractivity (Wildman–Crippen MR) is 102 cm³/mol. The van der Waals surface area contributed by atoms with Crippen LogP contribution in [0.1, 0.15) is 36.0 Å². The molecule has 5 nitrogen and oxygen atoms in total. The minimum atomic E-state index is -0.250. The molecule has 1 aromatic carbocycles. The first-order valence-electron chi connectivity index (χ1n) is 8.78. The van der Waals surface area contributed by atoms with Crippen LogP contribution in [-0.4, -0.2) is 37.1 Å². The molecule has 2 aromatic rings. The largest absolute Gasteiger partial charge is 0.378 e. The molecule has 132 valence electrons. The third kappa shape index (κ3) is 3.82. The van der Waals surface area contributed by atoms with E-state index in [-0.39, 0.29) is 11.4 Å². The molecule has 1 aliphatic rings. The zero-order chi connectivity index (χ0) is 17.9. The highest BCUT2D eigenvalue weighted by atomic mass is 16.1. The smallest absolute Gasteiger partial charge is 0.253 e. The number of benzene rings is 1. The standard InChI is InChI=1S/C20H26N4O/c1-24(2)18-7-5-15(6-8-18)16-11-17(13-22-12-16)19(25)23-20(14-21)9-3-4-10-20/h5-8,11-13H,3-4,9-10,14,21H2,1-2H3,(H,23,25). The Hall–Kier alpha value is -2.40. The van der Waals surface area contributed by atoms with Crippen LogP contribution in [0, 0.1) is 0 Å². The lowest BCUT2D eigenvalue weighted by Crippen LogP contribution is -2.51. The van der Waals surface area contributed by atoms with E-state index in [0.717, 1.165) is 42.5 Å². The third-order valence-electron chi connectivity index (χ3n) is 5.05. The van der Waals surface area contributed by atoms with Crippen molar-refractivity contribution in [1.82, 2.24) is 10.3 Å². The van der Waals surface area contributed by atoms with E-state index in [9.17, 15) is 4.79 Å². The maximum absolute atomic E-state index is 12.7. The molecule has 25 heavy (non-hydrogen) atoms. The third-order valence-corrected chi connectivity index (χ3v) is 5.05. The van der Waals surface area contributed by atoms with Crippen molar-refractivity contribution in [3.8, 4) is 11.1 Å². The fraction of sp³-hybridized carbons (Fsp3) is 0.400. The fourth-order valence-electron chi connectivity index (χ4n) is 3.42. The highest BCUT2D eigenvalue weighted by Gasteiger charge is 2.34. The summed E-state index contributed by atoms with van der Waals surface area (Å²) in [5.74, 6) is -0.0911. The summed E-state index contributed by atoms with van der Waals surface area (Å²) in [6.45, 7) is 0.484. The average molecular weight is 338 g/mol. The van der Waals surface area contributed by atoms with Crippen LogP contribution in [0.4, 0.5) is 5.69 Å². The molecule has 3 rings (SSSR count). The van der Waals surface area contributed by atoms with Crippen LogP contribution in [0.5, 0.6) is 0 Å². The van der Waals surface area contributed by atoms with E-state index < -0.39 is 0 Å². The van der Waals surface area contributed by atoms with Crippen LogP contribution >= 0.6 is 0 Å². The number of nitrogens with two attached hydrogens (primary N) is 1. The average Bonchev–Trinajstić information content (AvgIpc) is 3.11. The van der Waals surface area contributed by atoms with Crippen molar-refractivity contribution in [2.45, 2.75) is 31.2 Å². The van der Waals surface area contributed by atoms with E-state index in [0.29, 0.717) is 12.1 Å². The fourth-order valence-corrected chi connectivity index (χ4v) is 3.42. The Morgan fingerprint density at radius 2 is 1.84 bits per heavy atom. The highest BCUT2D eigenvalue weighted by molar-refractivity contribution is 5.95. The number of nitrogens with one attached hydrogen (secondary N) is 1. The van der Waals surface area contributed by atoms with Gasteiger partial charge in [0.05, 0.1) is 11.1 Å². The van der Waals surface area contributed by atoms with Crippen LogP contribution in [0.15, 0.2) is 42.7 Å². The first-order chi connectivity index (χ1) is 12.0. The van der Waals surface area contributed by atoms with Gasteiger partial charge in [-0.3, -0.25) is 9.78 Å². The van der Waals surface area contributed by atoms with Crippen LogP contribution in [0.3, 0.4) is 0 Å². The maximum atomic E-state index is 12.7. The Morgan fingerprint density at radius 1 is 1.16 bits per heavy atom. The summed E-state index contributed by atoms with van der Waals surface area (Å²) in [5, 5.41) is 3.15. The molecule has 5 heteroatoms. The van der Waals surface area contributed by atoms with Crippen LogP contribution in [0.25, 0.3) is 11.1 Å². The molecule has 1 saturated carbocycles. The number of amides is 1. The molecule has 0 aliphatic heterocycles. The summed E-state index contributed by atoms with van der Waals surface area (Å²) in [7, 11) is 4.02. The Labute approximate surface area is 149 Å². The van der Waals surface area contributed by atoms with E-state index >= 15 is 0 Å². The van der Waals surface area contributed by atoms with Crippen LogP contribution in [0.2, 0.25) is 0 Å². The van der Waals surface area contributed by atoms with E-state index in [2.05, 4.69) is 27.3 Å². The quantitative estimate of drug-likeness (QED) is 0.879. The van der Waals surface area contributed by atoms with Gasteiger partial charge in [-0.15, -0.1) is 0 Å². The summed E-state index contributed by atoms with van der Waals surface area (Å²) in [5.41, 5.74) is 9.36. The molecule has 1 aromatic heterocycles. The molecule has 0 unspecified atom stereocenters. The lowest BCUT2D eigenvalue weighted by atomic mass is 9.97. The van der Waals surface area contributed by atoms with Gasteiger partial charge in [-0.25, -0.2) is 0 Å². The van der Waals surface area contributed by atoms with Crippen molar-refractivity contribution in [3.63, 3.8) is 0 Å². The van der Waals surface area contributed by atoms with Crippen molar-refractivity contribution in [2.24, 2.45) is 5.73 Å². The number of nitrogens with zero attached hydrogens (tertiary/aromatic N) is 2. The van der Waals surface area contributed by atoms with Crippen molar-refractivity contribution in [2.75, 3.05) is 25.5 Å². The zero-order valence-corrected chi connectivity index (χ0v) is 15.0.